The van der Waals surface area contributed by atoms with Gasteiger partial charge in [0.05, 0.1) is 17.4 Å². The number of pyridine rings is 1. The van der Waals surface area contributed by atoms with Gasteiger partial charge in [0, 0.05) is 11.1 Å². The number of nitrogens with zero attached hydrogens (tertiary/aromatic N) is 1. The molecule has 1 aliphatic rings. The normalized spacial score (nSPS) is 16.9. The van der Waals surface area contributed by atoms with Crippen molar-refractivity contribution in [3.63, 3.8) is 0 Å². The molecular weight excluding hydrogens is 266 g/mol. The van der Waals surface area contributed by atoms with Crippen LogP contribution in [0, 0.1) is 6.92 Å². The van der Waals surface area contributed by atoms with Gasteiger partial charge in [-0.1, -0.05) is 23.8 Å². The molecule has 3 heteroatoms. The summed E-state index contributed by atoms with van der Waals surface area (Å²) in [5.74, 6) is 0.835. The van der Waals surface area contributed by atoms with E-state index in [1.165, 1.54) is 11.1 Å². The van der Waals surface area contributed by atoms with Crippen molar-refractivity contribution >= 4 is 17.5 Å². The Morgan fingerprint density at radius 2 is 2.25 bits per heavy atom. The number of thioether (sulfide) groups is 1. The lowest BCUT2D eigenvalue weighted by Crippen LogP contribution is -2.13. The number of rotatable bonds is 4. The first kappa shape index (κ1) is 13.4. The average molecular weight is 283 g/mol. The first-order valence-corrected chi connectivity index (χ1v) is 7.88. The number of hydrogen-bond acceptors (Lipinski definition) is 3. The van der Waals surface area contributed by atoms with E-state index in [2.05, 4.69) is 36.2 Å². The van der Waals surface area contributed by atoms with Crippen molar-refractivity contribution in [1.29, 1.82) is 0 Å². The van der Waals surface area contributed by atoms with Crippen LogP contribution in [0.4, 0.5) is 0 Å². The summed E-state index contributed by atoms with van der Waals surface area (Å²) in [7, 11) is 0. The zero-order valence-corrected chi connectivity index (χ0v) is 12.3. The molecule has 1 unspecified atom stereocenters. The lowest BCUT2D eigenvalue weighted by atomic mass is 10.0. The van der Waals surface area contributed by atoms with E-state index in [4.69, 9.17) is 0 Å². The van der Waals surface area contributed by atoms with Crippen molar-refractivity contribution in [2.24, 2.45) is 0 Å². The predicted molar refractivity (Wildman–Crippen MR) is 82.2 cm³/mol. The highest BCUT2D eigenvalue weighted by Crippen LogP contribution is 2.33. The number of fused-ring (bicyclic) bond motifs is 1. The molecule has 1 aromatic heterocycles. The molecule has 2 aromatic rings. The molecule has 1 heterocycles. The maximum atomic E-state index is 12.4. The Bertz CT molecular complexity index is 638. The Morgan fingerprint density at radius 3 is 3.10 bits per heavy atom. The van der Waals surface area contributed by atoms with Crippen LogP contribution in [0.2, 0.25) is 0 Å². The van der Waals surface area contributed by atoms with Gasteiger partial charge in [0.2, 0.25) is 0 Å². The molecule has 102 valence electrons. The van der Waals surface area contributed by atoms with E-state index in [0.717, 1.165) is 23.4 Å². The van der Waals surface area contributed by atoms with Crippen LogP contribution < -0.4 is 0 Å². The van der Waals surface area contributed by atoms with Crippen molar-refractivity contribution in [1.82, 2.24) is 4.98 Å². The Balaban J connectivity index is 1.66. The van der Waals surface area contributed by atoms with Gasteiger partial charge in [-0.3, -0.25) is 9.78 Å². The summed E-state index contributed by atoms with van der Waals surface area (Å²) in [4.78, 5) is 18.0. The van der Waals surface area contributed by atoms with Gasteiger partial charge in [0.15, 0.2) is 5.78 Å². The van der Waals surface area contributed by atoms with Crippen LogP contribution in [-0.2, 0) is 11.2 Å². The minimum atomic E-state index is 0.00325. The smallest absolute Gasteiger partial charge is 0.152 e. The topological polar surface area (TPSA) is 30.0 Å². The van der Waals surface area contributed by atoms with Crippen molar-refractivity contribution in [2.45, 2.75) is 30.6 Å². The second-order valence-corrected chi connectivity index (χ2v) is 6.26. The number of carbonyl (C=O) groups is 1. The van der Waals surface area contributed by atoms with Gasteiger partial charge < -0.3 is 0 Å². The van der Waals surface area contributed by atoms with Crippen molar-refractivity contribution in [3.05, 3.63) is 59.4 Å². The van der Waals surface area contributed by atoms with Crippen LogP contribution in [0.15, 0.2) is 47.5 Å². The molecule has 0 amide bonds. The number of ketones is 1. The highest BCUT2D eigenvalue weighted by Gasteiger charge is 2.29. The molecule has 1 atom stereocenters. The Morgan fingerprint density at radius 1 is 1.35 bits per heavy atom. The van der Waals surface area contributed by atoms with Gasteiger partial charge in [-0.05, 0) is 43.5 Å². The number of Topliss-reactive ketones (excluding diaryl/α,β-unsaturated/α-hetero) is 1. The van der Waals surface area contributed by atoms with E-state index < -0.39 is 0 Å². The standard InChI is InChI=1S/C17H17NOS/c1-12-4-2-6-14(10-12)20-11-16(19)15-8-7-13-5-3-9-18-17(13)15/h2-6,9-10,15H,7-8,11H2,1H3. The maximum absolute atomic E-state index is 12.4. The molecule has 1 aromatic carbocycles. The molecule has 0 N–H and O–H groups in total. The van der Waals surface area contributed by atoms with E-state index in [-0.39, 0.29) is 5.92 Å². The number of aromatic nitrogens is 1. The second-order valence-electron chi connectivity index (χ2n) is 5.21. The summed E-state index contributed by atoms with van der Waals surface area (Å²) in [5.41, 5.74) is 3.48. The molecule has 0 radical (unpaired) electrons. The molecule has 0 spiro atoms. The molecule has 0 aliphatic heterocycles. The fraction of sp³-hybridized carbons (Fsp3) is 0.294. The molecular formula is C17H17NOS. The molecule has 0 fully saturated rings. The quantitative estimate of drug-likeness (QED) is 0.800. The van der Waals surface area contributed by atoms with Gasteiger partial charge in [0.25, 0.3) is 0 Å². The molecule has 20 heavy (non-hydrogen) atoms. The van der Waals surface area contributed by atoms with Crippen LogP contribution in [-0.4, -0.2) is 16.5 Å². The van der Waals surface area contributed by atoms with Gasteiger partial charge in [-0.15, -0.1) is 11.8 Å². The highest BCUT2D eigenvalue weighted by atomic mass is 32.2. The molecule has 3 rings (SSSR count). The summed E-state index contributed by atoms with van der Waals surface area (Å²) in [5, 5.41) is 0. The van der Waals surface area contributed by atoms with Gasteiger partial charge in [0.1, 0.15) is 0 Å². The zero-order chi connectivity index (χ0) is 13.9. The Kier molecular flexibility index (Phi) is 3.88. The van der Waals surface area contributed by atoms with Crippen LogP contribution in [0.25, 0.3) is 0 Å². The lowest BCUT2D eigenvalue weighted by Gasteiger charge is -2.09. The van der Waals surface area contributed by atoms with Crippen LogP contribution >= 0.6 is 11.8 Å². The minimum Gasteiger partial charge on any atom is -0.298 e. The fourth-order valence-electron chi connectivity index (χ4n) is 2.69. The second kappa shape index (κ2) is 5.80. The Labute approximate surface area is 123 Å². The highest BCUT2D eigenvalue weighted by molar-refractivity contribution is 8.00. The third kappa shape index (κ3) is 2.78. The SMILES string of the molecule is Cc1cccc(SCC(=O)C2CCc3cccnc32)c1. The van der Waals surface area contributed by atoms with Crippen LogP contribution in [0.5, 0.6) is 0 Å². The monoisotopic (exact) mass is 283 g/mol. The minimum absolute atomic E-state index is 0.00325. The maximum Gasteiger partial charge on any atom is 0.152 e. The predicted octanol–water partition coefficient (Wildman–Crippen LogP) is 3.78. The van der Waals surface area contributed by atoms with E-state index in [1.807, 2.05) is 12.1 Å². The first-order valence-electron chi connectivity index (χ1n) is 6.90. The van der Waals surface area contributed by atoms with Gasteiger partial charge >= 0.3 is 0 Å². The van der Waals surface area contributed by atoms with Crippen molar-refractivity contribution < 1.29 is 4.79 Å². The summed E-state index contributed by atoms with van der Waals surface area (Å²) >= 11 is 1.63. The summed E-state index contributed by atoms with van der Waals surface area (Å²) in [6, 6.07) is 12.3. The Hall–Kier alpha value is -1.61. The van der Waals surface area contributed by atoms with Crippen molar-refractivity contribution in [2.75, 3.05) is 5.75 Å². The van der Waals surface area contributed by atoms with E-state index in [0.29, 0.717) is 11.5 Å². The number of hydrogen-bond donors (Lipinski definition) is 0. The fourth-order valence-corrected chi connectivity index (χ4v) is 3.64. The van der Waals surface area contributed by atoms with E-state index in [9.17, 15) is 4.79 Å². The lowest BCUT2D eigenvalue weighted by molar-refractivity contribution is -0.118. The van der Waals surface area contributed by atoms with Crippen LogP contribution in [0.3, 0.4) is 0 Å². The van der Waals surface area contributed by atoms with E-state index >= 15 is 0 Å². The molecule has 0 bridgehead atoms. The summed E-state index contributed by atoms with van der Waals surface area (Å²) < 4.78 is 0. The third-order valence-electron chi connectivity index (χ3n) is 3.72. The summed E-state index contributed by atoms with van der Waals surface area (Å²) in [6.45, 7) is 2.07. The molecule has 2 nitrogen and oxygen atoms in total. The number of carbonyl (C=O) groups excluding carboxylic acids is 1. The van der Waals surface area contributed by atoms with E-state index in [1.54, 1.807) is 18.0 Å². The van der Waals surface area contributed by atoms with Crippen molar-refractivity contribution in [3.8, 4) is 0 Å². The third-order valence-corrected chi connectivity index (χ3v) is 4.73. The number of aryl methyl sites for hydroxylation is 2. The largest absolute Gasteiger partial charge is 0.298 e. The molecule has 0 saturated heterocycles. The summed E-state index contributed by atoms with van der Waals surface area (Å²) in [6.07, 6.45) is 3.69. The molecule has 1 aliphatic carbocycles. The average Bonchev–Trinajstić information content (AvgIpc) is 2.89. The first-order chi connectivity index (χ1) is 9.74. The van der Waals surface area contributed by atoms with Gasteiger partial charge in [-0.25, -0.2) is 0 Å². The molecule has 0 saturated carbocycles. The zero-order valence-electron chi connectivity index (χ0n) is 11.5. The number of benzene rings is 1. The van der Waals surface area contributed by atoms with Crippen LogP contribution in [0.1, 0.15) is 29.2 Å². The van der Waals surface area contributed by atoms with Gasteiger partial charge in [-0.2, -0.15) is 0 Å².